The van der Waals surface area contributed by atoms with Gasteiger partial charge in [0.15, 0.2) is 5.78 Å². The lowest BCUT2D eigenvalue weighted by molar-refractivity contribution is -0.134. The van der Waals surface area contributed by atoms with Gasteiger partial charge in [-0.25, -0.2) is 5.01 Å². The largest absolute Gasteiger partial charge is 0.295 e. The molecule has 116 valence electrons. The Bertz CT molecular complexity index is 666. The fourth-order valence-electron chi connectivity index (χ4n) is 3.43. The van der Waals surface area contributed by atoms with E-state index in [4.69, 9.17) is 0 Å². The summed E-state index contributed by atoms with van der Waals surface area (Å²) in [7, 11) is 0. The highest BCUT2D eigenvalue weighted by Gasteiger charge is 2.55. The van der Waals surface area contributed by atoms with Gasteiger partial charge < -0.3 is 0 Å². The summed E-state index contributed by atoms with van der Waals surface area (Å²) in [6, 6.07) is 9.76. The van der Waals surface area contributed by atoms with Crippen LogP contribution >= 0.6 is 11.8 Å². The van der Waals surface area contributed by atoms with E-state index in [1.807, 2.05) is 36.6 Å². The van der Waals surface area contributed by atoms with Crippen molar-refractivity contribution in [3.63, 3.8) is 0 Å². The average molecular weight is 316 g/mol. The molecule has 22 heavy (non-hydrogen) atoms. The highest BCUT2D eigenvalue weighted by molar-refractivity contribution is 8.02. The van der Waals surface area contributed by atoms with E-state index in [-0.39, 0.29) is 23.3 Å². The van der Waals surface area contributed by atoms with Crippen molar-refractivity contribution in [3.8, 4) is 0 Å². The van der Waals surface area contributed by atoms with Crippen LogP contribution in [0.15, 0.2) is 40.9 Å². The standard InChI is InChI=1S/C17H20N2O2S/c1-11(20)14-15(12-8-6-5-7-9-12)19-17(2,3)10-13(21)18(19)16(14)22-4/h5-9,15H,10H2,1-4H3. The molecule has 0 bridgehead atoms. The predicted molar refractivity (Wildman–Crippen MR) is 87.8 cm³/mol. The molecule has 2 heterocycles. The van der Waals surface area contributed by atoms with Crippen molar-refractivity contribution in [3.05, 3.63) is 46.5 Å². The molecule has 4 nitrogen and oxygen atoms in total. The number of carbonyl (C=O) groups is 2. The summed E-state index contributed by atoms with van der Waals surface area (Å²) in [5.41, 5.74) is 1.46. The molecule has 1 fully saturated rings. The second kappa shape index (κ2) is 5.25. The number of hydrazine groups is 1. The van der Waals surface area contributed by atoms with E-state index in [0.717, 1.165) is 16.2 Å². The summed E-state index contributed by atoms with van der Waals surface area (Å²) in [5.74, 6) is 0.0859. The summed E-state index contributed by atoms with van der Waals surface area (Å²) < 4.78 is 0. The molecule has 1 unspecified atom stereocenters. The number of benzene rings is 1. The Morgan fingerprint density at radius 3 is 2.45 bits per heavy atom. The number of ketones is 1. The molecule has 0 saturated carbocycles. The molecule has 1 atom stereocenters. The third kappa shape index (κ3) is 2.11. The number of nitrogens with zero attached hydrogens (tertiary/aromatic N) is 2. The highest BCUT2D eigenvalue weighted by atomic mass is 32.2. The molecule has 0 radical (unpaired) electrons. The van der Waals surface area contributed by atoms with E-state index in [1.165, 1.54) is 11.8 Å². The summed E-state index contributed by atoms with van der Waals surface area (Å²) >= 11 is 1.47. The maximum absolute atomic E-state index is 12.5. The molecule has 1 aromatic carbocycles. The third-order valence-electron chi connectivity index (χ3n) is 4.28. The lowest BCUT2D eigenvalue weighted by atomic mass is 9.92. The first-order chi connectivity index (χ1) is 10.4. The van der Waals surface area contributed by atoms with E-state index < -0.39 is 0 Å². The van der Waals surface area contributed by atoms with Crippen LogP contribution < -0.4 is 0 Å². The summed E-state index contributed by atoms with van der Waals surface area (Å²) in [4.78, 5) is 24.8. The second-order valence-electron chi connectivity index (χ2n) is 6.33. The smallest absolute Gasteiger partial charge is 0.244 e. The maximum Gasteiger partial charge on any atom is 0.244 e. The Morgan fingerprint density at radius 2 is 1.91 bits per heavy atom. The van der Waals surface area contributed by atoms with Crippen LogP contribution in [0.3, 0.4) is 0 Å². The number of fused-ring (bicyclic) bond motifs is 1. The Kier molecular flexibility index (Phi) is 3.65. The minimum Gasteiger partial charge on any atom is -0.295 e. The number of hydrogen-bond donors (Lipinski definition) is 0. The average Bonchev–Trinajstić information content (AvgIpc) is 2.93. The van der Waals surface area contributed by atoms with Crippen molar-refractivity contribution in [2.75, 3.05) is 6.26 Å². The summed E-state index contributed by atoms with van der Waals surface area (Å²) in [6.45, 7) is 5.70. The van der Waals surface area contributed by atoms with Crippen LogP contribution in [0.5, 0.6) is 0 Å². The van der Waals surface area contributed by atoms with Crippen molar-refractivity contribution < 1.29 is 9.59 Å². The number of thioether (sulfide) groups is 1. The number of Topliss-reactive ketones (excluding diaryl/α,β-unsaturated/α-hetero) is 1. The quantitative estimate of drug-likeness (QED) is 0.859. The van der Waals surface area contributed by atoms with Crippen LogP contribution in [0.2, 0.25) is 0 Å². The van der Waals surface area contributed by atoms with Crippen LogP contribution in [0.1, 0.15) is 38.8 Å². The molecule has 0 aliphatic carbocycles. The number of rotatable bonds is 3. The van der Waals surface area contributed by atoms with Crippen LogP contribution in [-0.4, -0.2) is 33.5 Å². The van der Waals surface area contributed by atoms with Gasteiger partial charge in [0, 0.05) is 12.0 Å². The van der Waals surface area contributed by atoms with Gasteiger partial charge in [-0.05, 0) is 32.6 Å². The minimum atomic E-state index is -0.310. The first-order valence-corrected chi connectivity index (χ1v) is 8.57. The normalized spacial score (nSPS) is 24.1. The van der Waals surface area contributed by atoms with Gasteiger partial charge in [-0.1, -0.05) is 30.3 Å². The van der Waals surface area contributed by atoms with Gasteiger partial charge in [-0.3, -0.25) is 9.59 Å². The monoisotopic (exact) mass is 316 g/mol. The van der Waals surface area contributed by atoms with Crippen molar-refractivity contribution in [2.24, 2.45) is 0 Å². The van der Waals surface area contributed by atoms with Gasteiger partial charge in [0.25, 0.3) is 0 Å². The van der Waals surface area contributed by atoms with Crippen molar-refractivity contribution in [1.29, 1.82) is 0 Å². The van der Waals surface area contributed by atoms with Gasteiger partial charge in [-0.2, -0.15) is 5.01 Å². The van der Waals surface area contributed by atoms with E-state index >= 15 is 0 Å². The van der Waals surface area contributed by atoms with Crippen LogP contribution in [-0.2, 0) is 9.59 Å². The molecular weight excluding hydrogens is 296 g/mol. The fraction of sp³-hybridized carbons (Fsp3) is 0.412. The zero-order chi connectivity index (χ0) is 16.1. The van der Waals surface area contributed by atoms with Crippen LogP contribution in [0, 0.1) is 0 Å². The molecule has 5 heteroatoms. The van der Waals surface area contributed by atoms with E-state index in [1.54, 1.807) is 11.9 Å². The van der Waals surface area contributed by atoms with E-state index in [9.17, 15) is 9.59 Å². The number of carbonyl (C=O) groups excluding carboxylic acids is 2. The molecular formula is C17H20N2O2S. The second-order valence-corrected chi connectivity index (χ2v) is 7.13. The predicted octanol–water partition coefficient (Wildman–Crippen LogP) is 3.13. The molecule has 1 amide bonds. The summed E-state index contributed by atoms with van der Waals surface area (Å²) in [6.07, 6.45) is 2.38. The molecule has 0 aromatic heterocycles. The first kappa shape index (κ1) is 15.3. The van der Waals surface area contributed by atoms with Crippen molar-refractivity contribution >= 4 is 23.5 Å². The maximum atomic E-state index is 12.5. The van der Waals surface area contributed by atoms with Gasteiger partial charge in [-0.15, -0.1) is 11.8 Å². The Morgan fingerprint density at radius 1 is 1.27 bits per heavy atom. The Labute approximate surface area is 135 Å². The van der Waals surface area contributed by atoms with Gasteiger partial charge in [0.1, 0.15) is 5.03 Å². The van der Waals surface area contributed by atoms with Crippen LogP contribution in [0.25, 0.3) is 0 Å². The number of amides is 1. The van der Waals surface area contributed by atoms with E-state index in [2.05, 4.69) is 18.9 Å². The summed E-state index contributed by atoms with van der Waals surface area (Å²) in [5, 5.41) is 4.57. The topological polar surface area (TPSA) is 40.6 Å². The zero-order valence-corrected chi connectivity index (χ0v) is 14.1. The van der Waals surface area contributed by atoms with E-state index in [0.29, 0.717) is 6.42 Å². The lowest BCUT2D eigenvalue weighted by Crippen LogP contribution is -2.44. The Balaban J connectivity index is 2.22. The molecule has 2 aliphatic rings. The zero-order valence-electron chi connectivity index (χ0n) is 13.3. The van der Waals surface area contributed by atoms with Crippen molar-refractivity contribution in [1.82, 2.24) is 10.0 Å². The molecule has 1 aromatic rings. The molecule has 0 N–H and O–H groups in total. The third-order valence-corrected chi connectivity index (χ3v) is 5.06. The highest BCUT2D eigenvalue weighted by Crippen LogP contribution is 2.51. The minimum absolute atomic E-state index is 0.0243. The van der Waals surface area contributed by atoms with Gasteiger partial charge in [0.05, 0.1) is 11.6 Å². The van der Waals surface area contributed by atoms with Gasteiger partial charge >= 0.3 is 0 Å². The molecule has 1 saturated heterocycles. The lowest BCUT2D eigenvalue weighted by Gasteiger charge is -2.36. The van der Waals surface area contributed by atoms with Crippen LogP contribution in [0.4, 0.5) is 0 Å². The number of hydrogen-bond acceptors (Lipinski definition) is 4. The molecule has 0 spiro atoms. The SMILES string of the molecule is CSC1=C(C(C)=O)C(c2ccccc2)N2N1C(=O)CC2(C)C. The van der Waals surface area contributed by atoms with Gasteiger partial charge in [0.2, 0.25) is 5.91 Å². The fourth-order valence-corrected chi connectivity index (χ4v) is 4.27. The molecule has 3 rings (SSSR count). The Hall–Kier alpha value is -1.59. The molecule has 2 aliphatic heterocycles. The first-order valence-electron chi connectivity index (χ1n) is 7.34. The van der Waals surface area contributed by atoms with Crippen molar-refractivity contribution in [2.45, 2.75) is 38.8 Å².